The van der Waals surface area contributed by atoms with E-state index in [1.54, 1.807) is 56.7 Å². The van der Waals surface area contributed by atoms with Crippen LogP contribution in [0.25, 0.3) is 0 Å². The molecule has 3 aromatic carbocycles. The van der Waals surface area contributed by atoms with Crippen molar-refractivity contribution in [3.63, 3.8) is 0 Å². The second-order valence-electron chi connectivity index (χ2n) is 9.51. The van der Waals surface area contributed by atoms with Gasteiger partial charge in [-0.05, 0) is 48.2 Å². The SMILES string of the molecule is COC(OC)C1CCN(c2ccc(C3c4ccc(O)cc4OCC3c3ccccc3F)cc2F)CC1. The van der Waals surface area contributed by atoms with Gasteiger partial charge < -0.3 is 24.2 Å². The van der Waals surface area contributed by atoms with E-state index in [-0.39, 0.29) is 48.0 Å². The van der Waals surface area contributed by atoms with E-state index in [0.29, 0.717) is 30.1 Å². The van der Waals surface area contributed by atoms with Crippen LogP contribution in [0.3, 0.4) is 0 Å². The predicted molar refractivity (Wildman–Crippen MR) is 134 cm³/mol. The van der Waals surface area contributed by atoms with Crippen LogP contribution in [0.1, 0.15) is 41.4 Å². The lowest BCUT2D eigenvalue weighted by Gasteiger charge is -2.37. The summed E-state index contributed by atoms with van der Waals surface area (Å²) < 4.78 is 47.2. The molecule has 5 nitrogen and oxygen atoms in total. The first-order valence-electron chi connectivity index (χ1n) is 12.3. The van der Waals surface area contributed by atoms with Gasteiger partial charge in [0.2, 0.25) is 0 Å². The molecule has 2 atom stereocenters. The molecular weight excluding hydrogens is 464 g/mol. The lowest BCUT2D eigenvalue weighted by Crippen LogP contribution is -2.39. The number of phenols is 1. The number of rotatable bonds is 6. The van der Waals surface area contributed by atoms with Gasteiger partial charge >= 0.3 is 0 Å². The molecule has 0 bridgehead atoms. The molecule has 1 saturated heterocycles. The van der Waals surface area contributed by atoms with Gasteiger partial charge in [0.25, 0.3) is 0 Å². The Morgan fingerprint density at radius 3 is 2.36 bits per heavy atom. The van der Waals surface area contributed by atoms with Crippen molar-refractivity contribution < 1.29 is 28.1 Å². The minimum absolute atomic E-state index is 0.0888. The van der Waals surface area contributed by atoms with E-state index >= 15 is 4.39 Å². The van der Waals surface area contributed by atoms with Crippen LogP contribution < -0.4 is 9.64 Å². The first-order chi connectivity index (χ1) is 17.5. The molecule has 2 unspecified atom stereocenters. The first-order valence-corrected chi connectivity index (χ1v) is 12.3. The number of fused-ring (bicyclic) bond motifs is 1. The van der Waals surface area contributed by atoms with Gasteiger partial charge in [0.15, 0.2) is 6.29 Å². The summed E-state index contributed by atoms with van der Waals surface area (Å²) in [7, 11) is 3.28. The van der Waals surface area contributed by atoms with Crippen LogP contribution >= 0.6 is 0 Å². The monoisotopic (exact) mass is 495 g/mol. The highest BCUT2D eigenvalue weighted by Gasteiger charge is 2.36. The molecule has 2 aliphatic rings. The minimum atomic E-state index is -0.343. The fourth-order valence-corrected chi connectivity index (χ4v) is 5.72. The average molecular weight is 496 g/mol. The smallest absolute Gasteiger partial charge is 0.159 e. The molecule has 1 N–H and O–H groups in total. The standard InChI is InChI=1S/C29H31F2NO4/c1-34-29(35-2)18-11-13-32(14-12-18)26-10-7-19(15-25(26)31)28-22-9-8-20(33)16-27(22)36-17-23(28)21-5-3-4-6-24(21)30/h3-10,15-16,18,23,28-29,33H,11-14,17H2,1-2H3. The highest BCUT2D eigenvalue weighted by Crippen LogP contribution is 2.48. The molecule has 0 saturated carbocycles. The van der Waals surface area contributed by atoms with Crippen molar-refractivity contribution in [1.29, 1.82) is 0 Å². The third kappa shape index (κ3) is 4.65. The van der Waals surface area contributed by atoms with Gasteiger partial charge in [-0.25, -0.2) is 8.78 Å². The summed E-state index contributed by atoms with van der Waals surface area (Å²) in [6.07, 6.45) is 1.45. The van der Waals surface area contributed by atoms with Gasteiger partial charge in [-0.1, -0.05) is 30.3 Å². The van der Waals surface area contributed by atoms with Crippen molar-refractivity contribution >= 4 is 5.69 Å². The normalized spacial score (nSPS) is 20.3. The zero-order valence-electron chi connectivity index (χ0n) is 20.5. The van der Waals surface area contributed by atoms with E-state index in [9.17, 15) is 9.50 Å². The number of nitrogens with zero attached hydrogens (tertiary/aromatic N) is 1. The van der Waals surface area contributed by atoms with E-state index in [1.807, 2.05) is 12.1 Å². The summed E-state index contributed by atoms with van der Waals surface area (Å²) in [4.78, 5) is 2.06. The average Bonchev–Trinajstić information content (AvgIpc) is 2.89. The number of hydrogen-bond acceptors (Lipinski definition) is 5. The molecule has 5 rings (SSSR count). The molecule has 36 heavy (non-hydrogen) atoms. The van der Waals surface area contributed by atoms with Crippen LogP contribution in [0, 0.1) is 17.6 Å². The van der Waals surface area contributed by atoms with Crippen LogP contribution in [0.4, 0.5) is 14.5 Å². The molecule has 0 radical (unpaired) electrons. The first kappa shape index (κ1) is 24.5. The number of anilines is 1. The molecule has 3 aromatic rings. The number of benzene rings is 3. The molecule has 0 spiro atoms. The summed E-state index contributed by atoms with van der Waals surface area (Å²) in [5.74, 6) is -0.399. The molecular formula is C29H31F2NO4. The lowest BCUT2D eigenvalue weighted by atomic mass is 9.75. The molecule has 0 aliphatic carbocycles. The Kier molecular flexibility index (Phi) is 7.12. The highest BCUT2D eigenvalue weighted by atomic mass is 19.1. The summed E-state index contributed by atoms with van der Waals surface area (Å²) >= 11 is 0. The Morgan fingerprint density at radius 1 is 0.917 bits per heavy atom. The molecule has 0 amide bonds. The number of phenolic OH excluding ortho intramolecular Hbond substituents is 1. The van der Waals surface area contributed by atoms with Gasteiger partial charge in [0.1, 0.15) is 23.1 Å². The fraction of sp³-hybridized carbons (Fsp3) is 0.379. The zero-order chi connectivity index (χ0) is 25.2. The second kappa shape index (κ2) is 10.4. The molecule has 7 heteroatoms. The van der Waals surface area contributed by atoms with Crippen molar-refractivity contribution in [2.45, 2.75) is 31.0 Å². The van der Waals surface area contributed by atoms with Crippen molar-refractivity contribution in [3.8, 4) is 11.5 Å². The van der Waals surface area contributed by atoms with E-state index in [2.05, 4.69) is 4.90 Å². The van der Waals surface area contributed by atoms with E-state index < -0.39 is 0 Å². The Bertz CT molecular complexity index is 1210. The van der Waals surface area contributed by atoms with Gasteiger partial charge in [0, 0.05) is 56.7 Å². The van der Waals surface area contributed by atoms with Crippen molar-refractivity contribution in [3.05, 3.63) is 89.0 Å². The third-order valence-electron chi connectivity index (χ3n) is 7.52. The molecule has 2 heterocycles. The van der Waals surface area contributed by atoms with Gasteiger partial charge in [-0.3, -0.25) is 0 Å². The van der Waals surface area contributed by atoms with Crippen LogP contribution in [-0.2, 0) is 9.47 Å². The Labute approximate surface area is 210 Å². The largest absolute Gasteiger partial charge is 0.508 e. The van der Waals surface area contributed by atoms with E-state index in [1.165, 1.54) is 6.07 Å². The van der Waals surface area contributed by atoms with Gasteiger partial charge in [-0.15, -0.1) is 0 Å². The topological polar surface area (TPSA) is 51.2 Å². The Balaban J connectivity index is 1.46. The van der Waals surface area contributed by atoms with Crippen molar-refractivity contribution in [2.75, 3.05) is 38.8 Å². The van der Waals surface area contributed by atoms with Crippen LogP contribution in [0.5, 0.6) is 11.5 Å². The van der Waals surface area contributed by atoms with Crippen LogP contribution in [0.2, 0.25) is 0 Å². The summed E-state index contributed by atoms with van der Waals surface area (Å²) in [6, 6.07) is 16.9. The fourth-order valence-electron chi connectivity index (χ4n) is 5.72. The maximum absolute atomic E-state index is 15.6. The number of ether oxygens (including phenoxy) is 3. The Morgan fingerprint density at radius 2 is 1.67 bits per heavy atom. The van der Waals surface area contributed by atoms with Crippen LogP contribution in [-0.4, -0.2) is 45.3 Å². The number of aromatic hydroxyl groups is 1. The lowest BCUT2D eigenvalue weighted by molar-refractivity contribution is -0.141. The molecule has 190 valence electrons. The van der Waals surface area contributed by atoms with Crippen molar-refractivity contribution in [2.24, 2.45) is 5.92 Å². The molecule has 0 aromatic heterocycles. The summed E-state index contributed by atoms with van der Waals surface area (Å²) in [6.45, 7) is 1.64. The quantitative estimate of drug-likeness (QED) is 0.437. The summed E-state index contributed by atoms with van der Waals surface area (Å²) in [5, 5.41) is 9.96. The Hall–Kier alpha value is -3.16. The molecule has 1 fully saturated rings. The summed E-state index contributed by atoms with van der Waals surface area (Å²) in [5.41, 5.74) is 2.63. The third-order valence-corrected chi connectivity index (χ3v) is 7.52. The zero-order valence-corrected chi connectivity index (χ0v) is 20.5. The number of hydrogen-bond donors (Lipinski definition) is 1. The second-order valence-corrected chi connectivity index (χ2v) is 9.51. The van der Waals surface area contributed by atoms with Gasteiger partial charge in [-0.2, -0.15) is 0 Å². The number of methoxy groups -OCH3 is 2. The predicted octanol–water partition coefficient (Wildman–Crippen LogP) is 5.81. The number of halogens is 2. The minimum Gasteiger partial charge on any atom is -0.508 e. The maximum atomic E-state index is 15.6. The molecule has 2 aliphatic heterocycles. The number of piperidine rings is 1. The maximum Gasteiger partial charge on any atom is 0.159 e. The van der Waals surface area contributed by atoms with Crippen molar-refractivity contribution in [1.82, 2.24) is 0 Å². The highest BCUT2D eigenvalue weighted by molar-refractivity contribution is 5.55. The van der Waals surface area contributed by atoms with Crippen LogP contribution in [0.15, 0.2) is 60.7 Å². The van der Waals surface area contributed by atoms with E-state index in [0.717, 1.165) is 24.0 Å². The van der Waals surface area contributed by atoms with Gasteiger partial charge in [0.05, 0.1) is 12.3 Å². The van der Waals surface area contributed by atoms with E-state index in [4.69, 9.17) is 14.2 Å².